The van der Waals surface area contributed by atoms with Gasteiger partial charge in [-0.25, -0.2) is 0 Å². The molecule has 6 heteroatoms. The predicted molar refractivity (Wildman–Crippen MR) is 92.3 cm³/mol. The molecule has 3 nitrogen and oxygen atoms in total. The van der Waals surface area contributed by atoms with Crippen LogP contribution in [0.4, 0.5) is 13.2 Å². The molecule has 0 amide bonds. The van der Waals surface area contributed by atoms with Crippen molar-refractivity contribution in [1.29, 1.82) is 0 Å². The van der Waals surface area contributed by atoms with Crippen molar-refractivity contribution in [2.75, 3.05) is 20.8 Å². The molecule has 0 aliphatic carbocycles. The third kappa shape index (κ3) is 3.78. The highest BCUT2D eigenvalue weighted by molar-refractivity contribution is 5.51. The Hall–Kier alpha value is -2.65. The summed E-state index contributed by atoms with van der Waals surface area (Å²) in [5, 5.41) is 3.32. The van der Waals surface area contributed by atoms with E-state index in [1.54, 1.807) is 14.2 Å². The predicted octanol–water partition coefficient (Wildman–Crippen LogP) is 3.96. The van der Waals surface area contributed by atoms with E-state index >= 15 is 0 Å². The van der Waals surface area contributed by atoms with Gasteiger partial charge in [0.2, 0.25) is 0 Å². The quantitative estimate of drug-likeness (QED) is 0.822. The summed E-state index contributed by atoms with van der Waals surface area (Å²) in [6, 6.07) is 8.47. The molecule has 1 aliphatic heterocycles. The van der Waals surface area contributed by atoms with E-state index in [1.807, 2.05) is 12.1 Å². The van der Waals surface area contributed by atoms with E-state index in [2.05, 4.69) is 17.2 Å². The topological polar surface area (TPSA) is 30.5 Å². The van der Waals surface area contributed by atoms with E-state index in [-0.39, 0.29) is 6.04 Å². The third-order valence-corrected chi connectivity index (χ3v) is 4.27. The van der Waals surface area contributed by atoms with Gasteiger partial charge in [0.05, 0.1) is 25.8 Å². The van der Waals surface area contributed by atoms with E-state index in [0.717, 1.165) is 36.2 Å². The molecular formula is C20H18F3NO2. The van der Waals surface area contributed by atoms with E-state index < -0.39 is 11.7 Å². The molecule has 0 radical (unpaired) electrons. The highest BCUT2D eigenvalue weighted by Gasteiger charge is 2.29. The third-order valence-electron chi connectivity index (χ3n) is 4.27. The maximum Gasteiger partial charge on any atom is 0.416 e. The van der Waals surface area contributed by atoms with Gasteiger partial charge in [-0.15, -0.1) is 0 Å². The Morgan fingerprint density at radius 3 is 2.31 bits per heavy atom. The van der Waals surface area contributed by atoms with Gasteiger partial charge in [-0.1, -0.05) is 11.8 Å². The van der Waals surface area contributed by atoms with Crippen LogP contribution in [0.5, 0.6) is 11.5 Å². The summed E-state index contributed by atoms with van der Waals surface area (Å²) in [7, 11) is 3.16. The van der Waals surface area contributed by atoms with Crippen LogP contribution in [0.3, 0.4) is 0 Å². The van der Waals surface area contributed by atoms with Crippen LogP contribution in [0.1, 0.15) is 28.3 Å². The van der Waals surface area contributed by atoms with Gasteiger partial charge in [0.15, 0.2) is 11.5 Å². The molecule has 0 saturated heterocycles. The standard InChI is InChI=1S/C20H18F3NO2/c1-25-18-11-14-9-10-24-17(16(14)12-19(18)26-2)8-5-13-3-6-15(7-4-13)20(21,22)23/h3-4,6-7,11-12,17,24H,9-10H2,1-2H3. The van der Waals surface area contributed by atoms with Crippen molar-refractivity contribution in [3.8, 4) is 23.3 Å². The number of halogens is 3. The first kappa shape index (κ1) is 18.2. The average Bonchev–Trinajstić information content (AvgIpc) is 2.64. The summed E-state index contributed by atoms with van der Waals surface area (Å²) in [6.07, 6.45) is -3.50. The Bertz CT molecular complexity index is 848. The fourth-order valence-electron chi connectivity index (χ4n) is 2.91. The van der Waals surface area contributed by atoms with Gasteiger partial charge in [0.25, 0.3) is 0 Å². The first-order valence-corrected chi connectivity index (χ1v) is 8.09. The number of hydrogen-bond donors (Lipinski definition) is 1. The van der Waals surface area contributed by atoms with Crippen LogP contribution < -0.4 is 14.8 Å². The lowest BCUT2D eigenvalue weighted by atomic mass is 9.93. The minimum Gasteiger partial charge on any atom is -0.493 e. The molecule has 1 heterocycles. The second kappa shape index (κ2) is 7.30. The largest absolute Gasteiger partial charge is 0.493 e. The van der Waals surface area contributed by atoms with Gasteiger partial charge in [-0.3, -0.25) is 5.32 Å². The molecule has 2 aromatic carbocycles. The Balaban J connectivity index is 1.88. The Morgan fingerprint density at radius 1 is 1.04 bits per heavy atom. The molecule has 3 rings (SSSR count). The van der Waals surface area contributed by atoms with E-state index in [1.165, 1.54) is 12.1 Å². The van der Waals surface area contributed by atoms with Crippen LogP contribution in [0, 0.1) is 11.8 Å². The van der Waals surface area contributed by atoms with Crippen molar-refractivity contribution in [3.05, 3.63) is 58.7 Å². The molecule has 26 heavy (non-hydrogen) atoms. The number of alkyl halides is 3. The summed E-state index contributed by atoms with van der Waals surface area (Å²) >= 11 is 0. The normalized spacial score (nSPS) is 16.3. The SMILES string of the molecule is COc1cc2c(cc1OC)C(C#Cc1ccc(C(F)(F)F)cc1)NCC2. The van der Waals surface area contributed by atoms with E-state index in [4.69, 9.17) is 9.47 Å². The molecule has 1 unspecified atom stereocenters. The van der Waals surface area contributed by atoms with Crippen molar-refractivity contribution in [3.63, 3.8) is 0 Å². The van der Waals surface area contributed by atoms with Crippen LogP contribution in [0.2, 0.25) is 0 Å². The van der Waals surface area contributed by atoms with Crippen molar-refractivity contribution in [1.82, 2.24) is 5.32 Å². The number of ether oxygens (including phenoxy) is 2. The van der Waals surface area contributed by atoms with Crippen LogP contribution in [-0.4, -0.2) is 20.8 Å². The summed E-state index contributed by atoms with van der Waals surface area (Å²) in [4.78, 5) is 0. The molecule has 1 aliphatic rings. The van der Waals surface area contributed by atoms with Gasteiger partial charge < -0.3 is 9.47 Å². The van der Waals surface area contributed by atoms with E-state index in [9.17, 15) is 13.2 Å². The summed E-state index contributed by atoms with van der Waals surface area (Å²) in [5.41, 5.74) is 1.97. The van der Waals surface area contributed by atoms with E-state index in [0.29, 0.717) is 17.1 Å². The number of rotatable bonds is 2. The highest BCUT2D eigenvalue weighted by Crippen LogP contribution is 2.35. The molecule has 0 bridgehead atoms. The summed E-state index contributed by atoms with van der Waals surface area (Å²) in [5.74, 6) is 7.34. The zero-order chi connectivity index (χ0) is 18.7. The minimum atomic E-state index is -4.34. The molecule has 1 N–H and O–H groups in total. The molecule has 1 atom stereocenters. The smallest absolute Gasteiger partial charge is 0.416 e. The van der Waals surface area contributed by atoms with Crippen LogP contribution in [-0.2, 0) is 12.6 Å². The Morgan fingerprint density at radius 2 is 1.69 bits per heavy atom. The van der Waals surface area contributed by atoms with Gasteiger partial charge >= 0.3 is 6.18 Å². The lowest BCUT2D eigenvalue weighted by Crippen LogP contribution is -2.29. The highest BCUT2D eigenvalue weighted by atomic mass is 19.4. The molecule has 0 spiro atoms. The monoisotopic (exact) mass is 361 g/mol. The minimum absolute atomic E-state index is 0.221. The second-order valence-corrected chi connectivity index (χ2v) is 5.89. The zero-order valence-electron chi connectivity index (χ0n) is 14.4. The Labute approximate surface area is 150 Å². The van der Waals surface area contributed by atoms with Crippen molar-refractivity contribution in [2.45, 2.75) is 18.6 Å². The van der Waals surface area contributed by atoms with Gasteiger partial charge in [-0.2, -0.15) is 13.2 Å². The van der Waals surface area contributed by atoms with Gasteiger partial charge in [-0.05, 0) is 53.9 Å². The molecule has 0 fully saturated rings. The first-order valence-electron chi connectivity index (χ1n) is 8.09. The van der Waals surface area contributed by atoms with Crippen LogP contribution >= 0.6 is 0 Å². The van der Waals surface area contributed by atoms with Crippen molar-refractivity contribution < 1.29 is 22.6 Å². The number of benzene rings is 2. The fraction of sp³-hybridized carbons (Fsp3) is 0.300. The fourth-order valence-corrected chi connectivity index (χ4v) is 2.91. The number of methoxy groups -OCH3 is 2. The second-order valence-electron chi connectivity index (χ2n) is 5.89. The number of fused-ring (bicyclic) bond motifs is 1. The summed E-state index contributed by atoms with van der Waals surface area (Å²) in [6.45, 7) is 0.759. The maximum absolute atomic E-state index is 12.6. The van der Waals surface area contributed by atoms with Crippen molar-refractivity contribution >= 4 is 0 Å². The molecular weight excluding hydrogens is 343 g/mol. The van der Waals surface area contributed by atoms with Crippen molar-refractivity contribution in [2.24, 2.45) is 0 Å². The maximum atomic E-state index is 12.6. The number of hydrogen-bond acceptors (Lipinski definition) is 3. The average molecular weight is 361 g/mol. The molecule has 0 aromatic heterocycles. The van der Waals surface area contributed by atoms with Crippen LogP contribution in [0.25, 0.3) is 0 Å². The van der Waals surface area contributed by atoms with Gasteiger partial charge in [0, 0.05) is 12.1 Å². The first-order chi connectivity index (χ1) is 12.4. The molecule has 136 valence electrons. The molecule has 2 aromatic rings. The lowest BCUT2D eigenvalue weighted by molar-refractivity contribution is -0.137. The zero-order valence-corrected chi connectivity index (χ0v) is 14.4. The van der Waals surface area contributed by atoms with Crippen LogP contribution in [0.15, 0.2) is 36.4 Å². The van der Waals surface area contributed by atoms with Gasteiger partial charge in [0.1, 0.15) is 0 Å². The summed E-state index contributed by atoms with van der Waals surface area (Å²) < 4.78 is 48.6. The number of nitrogens with one attached hydrogen (secondary N) is 1. The molecule has 0 saturated carbocycles. The Kier molecular flexibility index (Phi) is 5.10. The lowest BCUT2D eigenvalue weighted by Gasteiger charge is -2.24.